The lowest BCUT2D eigenvalue weighted by molar-refractivity contribution is -0.121. The molecule has 0 saturated carbocycles. The lowest BCUT2D eigenvalue weighted by Crippen LogP contribution is -2.36. The van der Waals surface area contributed by atoms with E-state index in [1.807, 2.05) is 0 Å². The summed E-state index contributed by atoms with van der Waals surface area (Å²) in [5, 5.41) is 7.57. The van der Waals surface area contributed by atoms with Gasteiger partial charge in [0.2, 0.25) is 0 Å². The summed E-state index contributed by atoms with van der Waals surface area (Å²) in [5.41, 5.74) is 1.30. The van der Waals surface area contributed by atoms with Gasteiger partial charge in [0, 0.05) is 6.42 Å². The van der Waals surface area contributed by atoms with Crippen molar-refractivity contribution in [1.29, 1.82) is 0 Å². The summed E-state index contributed by atoms with van der Waals surface area (Å²) >= 11 is 1.70. The normalized spacial score (nSPS) is 21.6. The Morgan fingerprint density at radius 1 is 1.44 bits per heavy atom. The number of hydrogen-bond donors (Lipinski definition) is 1. The highest BCUT2D eigenvalue weighted by Crippen LogP contribution is 2.13. The van der Waals surface area contributed by atoms with Gasteiger partial charge in [-0.2, -0.15) is 11.3 Å². The van der Waals surface area contributed by atoms with Crippen molar-refractivity contribution < 1.29 is 4.79 Å². The fraction of sp³-hybridized carbons (Fsp3) is 0.615. The molecule has 0 spiro atoms. The number of hydrogen-bond acceptors (Lipinski definition) is 3. The van der Waals surface area contributed by atoms with E-state index < -0.39 is 0 Å². The highest BCUT2D eigenvalue weighted by molar-refractivity contribution is 7.07. The summed E-state index contributed by atoms with van der Waals surface area (Å²) in [7, 11) is 0. The summed E-state index contributed by atoms with van der Waals surface area (Å²) in [5.74, 6) is 0.396. The molecule has 2 heterocycles. The molecule has 1 N–H and O–H groups in total. The fourth-order valence-electron chi connectivity index (χ4n) is 2.18. The molecule has 1 aliphatic rings. The number of ketones is 1. The quantitative estimate of drug-likeness (QED) is 0.872. The second-order valence-electron chi connectivity index (χ2n) is 4.45. The van der Waals surface area contributed by atoms with Crippen LogP contribution in [0.5, 0.6) is 0 Å². The van der Waals surface area contributed by atoms with Crippen molar-refractivity contribution in [1.82, 2.24) is 5.32 Å². The van der Waals surface area contributed by atoms with Crippen LogP contribution in [0.2, 0.25) is 0 Å². The molecule has 0 aromatic carbocycles. The Hall–Kier alpha value is -0.670. The zero-order chi connectivity index (χ0) is 11.2. The summed E-state index contributed by atoms with van der Waals surface area (Å²) in [4.78, 5) is 12.0. The molecule has 0 amide bonds. The first-order valence-corrected chi connectivity index (χ1v) is 7.08. The zero-order valence-corrected chi connectivity index (χ0v) is 10.4. The predicted molar refractivity (Wildman–Crippen MR) is 67.9 cm³/mol. The van der Waals surface area contributed by atoms with Crippen molar-refractivity contribution in [3.8, 4) is 0 Å². The van der Waals surface area contributed by atoms with Gasteiger partial charge in [-0.15, -0.1) is 0 Å². The van der Waals surface area contributed by atoms with Crippen LogP contribution < -0.4 is 5.32 Å². The number of carbonyl (C=O) groups is 1. The molecular weight excluding hydrogens is 218 g/mol. The van der Waals surface area contributed by atoms with E-state index in [4.69, 9.17) is 0 Å². The molecule has 1 saturated heterocycles. The second kappa shape index (κ2) is 6.16. The van der Waals surface area contributed by atoms with Gasteiger partial charge in [-0.25, -0.2) is 0 Å². The average Bonchev–Trinajstić information content (AvgIpc) is 2.66. The van der Waals surface area contributed by atoms with Crippen LogP contribution in [0.15, 0.2) is 16.8 Å². The number of Topliss-reactive ketones (excluding diaryl/α,β-unsaturated/α-hetero) is 1. The molecule has 3 heteroatoms. The van der Waals surface area contributed by atoms with Crippen molar-refractivity contribution in [2.75, 3.05) is 6.54 Å². The minimum atomic E-state index is 0.126. The molecule has 1 aromatic heterocycles. The highest BCUT2D eigenvalue weighted by atomic mass is 32.1. The minimum absolute atomic E-state index is 0.126. The van der Waals surface area contributed by atoms with Crippen molar-refractivity contribution in [2.45, 2.75) is 44.6 Å². The molecule has 88 valence electrons. The van der Waals surface area contributed by atoms with Crippen molar-refractivity contribution in [2.24, 2.45) is 0 Å². The monoisotopic (exact) mass is 237 g/mol. The van der Waals surface area contributed by atoms with Gasteiger partial charge in [0.15, 0.2) is 0 Å². The molecule has 1 fully saturated rings. The lowest BCUT2D eigenvalue weighted by atomic mass is 10.0. The van der Waals surface area contributed by atoms with E-state index in [1.165, 1.54) is 24.8 Å². The van der Waals surface area contributed by atoms with E-state index in [1.54, 1.807) is 11.3 Å². The SMILES string of the molecule is O=C(CCc1ccsc1)C1CCCCCN1. The first-order chi connectivity index (χ1) is 7.86. The Morgan fingerprint density at radius 3 is 3.19 bits per heavy atom. The van der Waals surface area contributed by atoms with E-state index >= 15 is 0 Å². The van der Waals surface area contributed by atoms with Crippen LogP contribution in [0.25, 0.3) is 0 Å². The topological polar surface area (TPSA) is 29.1 Å². The Balaban J connectivity index is 1.78. The van der Waals surface area contributed by atoms with Gasteiger partial charge in [0.1, 0.15) is 5.78 Å². The molecule has 0 aliphatic carbocycles. The summed E-state index contributed by atoms with van der Waals surface area (Å²) < 4.78 is 0. The standard InChI is InChI=1S/C13H19NOS/c15-13(6-5-11-7-9-16-10-11)12-4-2-1-3-8-14-12/h7,9-10,12,14H,1-6,8H2. The predicted octanol–water partition coefficient (Wildman–Crippen LogP) is 2.78. The molecule has 16 heavy (non-hydrogen) atoms. The van der Waals surface area contributed by atoms with E-state index in [9.17, 15) is 4.79 Å². The highest BCUT2D eigenvalue weighted by Gasteiger charge is 2.18. The number of thiophene rings is 1. The number of aryl methyl sites for hydroxylation is 1. The second-order valence-corrected chi connectivity index (χ2v) is 5.23. The van der Waals surface area contributed by atoms with Gasteiger partial charge >= 0.3 is 0 Å². The molecule has 0 radical (unpaired) electrons. The van der Waals surface area contributed by atoms with Gasteiger partial charge in [-0.1, -0.05) is 12.8 Å². The third-order valence-electron chi connectivity index (χ3n) is 3.19. The van der Waals surface area contributed by atoms with Crippen LogP contribution in [-0.2, 0) is 11.2 Å². The number of nitrogens with one attached hydrogen (secondary N) is 1. The Labute approximate surface area is 101 Å². The molecular formula is C13H19NOS. The molecule has 2 nitrogen and oxygen atoms in total. The summed E-state index contributed by atoms with van der Waals surface area (Å²) in [6.45, 7) is 1.01. The minimum Gasteiger partial charge on any atom is -0.307 e. The van der Waals surface area contributed by atoms with Crippen LogP contribution in [0, 0.1) is 0 Å². The van der Waals surface area contributed by atoms with Crippen molar-refractivity contribution >= 4 is 17.1 Å². The van der Waals surface area contributed by atoms with Gasteiger partial charge in [-0.05, 0) is 48.2 Å². The third kappa shape index (κ3) is 3.42. The summed E-state index contributed by atoms with van der Waals surface area (Å²) in [6, 6.07) is 2.24. The maximum absolute atomic E-state index is 12.0. The molecule has 0 bridgehead atoms. The van der Waals surface area contributed by atoms with Gasteiger partial charge in [0.25, 0.3) is 0 Å². The number of carbonyl (C=O) groups excluding carboxylic acids is 1. The molecule has 1 atom stereocenters. The van der Waals surface area contributed by atoms with Gasteiger partial charge < -0.3 is 5.32 Å². The van der Waals surface area contributed by atoms with Crippen molar-refractivity contribution in [3.63, 3.8) is 0 Å². The van der Waals surface area contributed by atoms with Crippen LogP contribution in [0.1, 0.15) is 37.7 Å². The smallest absolute Gasteiger partial charge is 0.150 e. The van der Waals surface area contributed by atoms with Crippen LogP contribution >= 0.6 is 11.3 Å². The number of rotatable bonds is 4. The molecule has 1 aromatic rings. The lowest BCUT2D eigenvalue weighted by Gasteiger charge is -2.13. The Kier molecular flexibility index (Phi) is 4.55. The Morgan fingerprint density at radius 2 is 2.38 bits per heavy atom. The molecule has 2 rings (SSSR count). The van der Waals surface area contributed by atoms with E-state index in [-0.39, 0.29) is 6.04 Å². The fourth-order valence-corrected chi connectivity index (χ4v) is 2.88. The zero-order valence-electron chi connectivity index (χ0n) is 9.58. The first kappa shape index (κ1) is 11.8. The molecule has 1 aliphatic heterocycles. The van der Waals surface area contributed by atoms with Crippen molar-refractivity contribution in [3.05, 3.63) is 22.4 Å². The van der Waals surface area contributed by atoms with Gasteiger partial charge in [-0.3, -0.25) is 4.79 Å². The first-order valence-electron chi connectivity index (χ1n) is 6.13. The van der Waals surface area contributed by atoms with Crippen LogP contribution in [0.4, 0.5) is 0 Å². The largest absolute Gasteiger partial charge is 0.307 e. The van der Waals surface area contributed by atoms with E-state index in [2.05, 4.69) is 22.1 Å². The van der Waals surface area contributed by atoms with E-state index in [0.29, 0.717) is 12.2 Å². The summed E-state index contributed by atoms with van der Waals surface area (Å²) in [6.07, 6.45) is 6.30. The maximum atomic E-state index is 12.0. The third-order valence-corrected chi connectivity index (χ3v) is 3.92. The Bertz CT molecular complexity index is 313. The van der Waals surface area contributed by atoms with Gasteiger partial charge in [0.05, 0.1) is 6.04 Å². The van der Waals surface area contributed by atoms with Crippen LogP contribution in [-0.4, -0.2) is 18.4 Å². The van der Waals surface area contributed by atoms with E-state index in [0.717, 1.165) is 19.4 Å². The van der Waals surface area contributed by atoms with Crippen LogP contribution in [0.3, 0.4) is 0 Å². The average molecular weight is 237 g/mol. The maximum Gasteiger partial charge on any atom is 0.150 e. The molecule has 1 unspecified atom stereocenters.